The number of hydrogen-bond acceptors (Lipinski definition) is 3. The molecule has 0 heterocycles. The molecule has 0 aromatic heterocycles. The number of halogens is 1. The molecule has 0 bridgehead atoms. The number of carbonyl (C=O) groups is 3. The van der Waals surface area contributed by atoms with Gasteiger partial charge in [-0.05, 0) is 36.6 Å². The minimum absolute atomic E-state index is 0.0166. The third-order valence-corrected chi connectivity index (χ3v) is 4.19. The second kappa shape index (κ2) is 10.2. The van der Waals surface area contributed by atoms with Crippen LogP contribution >= 0.6 is 0 Å². The number of rotatable bonds is 9. The molecular weight excluding hydrogens is 363 g/mol. The van der Waals surface area contributed by atoms with Crippen molar-refractivity contribution in [2.75, 3.05) is 6.54 Å². The minimum atomic E-state index is -1.21. The van der Waals surface area contributed by atoms with Gasteiger partial charge in [0.1, 0.15) is 11.9 Å². The van der Waals surface area contributed by atoms with Gasteiger partial charge in [-0.1, -0.05) is 42.0 Å². The molecule has 0 fully saturated rings. The fourth-order valence-corrected chi connectivity index (χ4v) is 2.58. The summed E-state index contributed by atoms with van der Waals surface area (Å²) in [6.07, 6.45) is 0.799. The second-order valence-electron chi connectivity index (χ2n) is 6.55. The molecular formula is C21H23FN2O4. The lowest BCUT2D eigenvalue weighted by atomic mass is 10.1. The van der Waals surface area contributed by atoms with E-state index in [0.29, 0.717) is 12.0 Å². The molecule has 2 amide bonds. The first-order chi connectivity index (χ1) is 13.3. The van der Waals surface area contributed by atoms with Crippen molar-refractivity contribution in [3.63, 3.8) is 0 Å². The summed E-state index contributed by atoms with van der Waals surface area (Å²) in [4.78, 5) is 35.2. The molecule has 3 N–H and O–H groups in total. The Morgan fingerprint density at radius 1 is 0.964 bits per heavy atom. The maximum Gasteiger partial charge on any atom is 0.326 e. The van der Waals surface area contributed by atoms with Gasteiger partial charge in [0.2, 0.25) is 11.8 Å². The van der Waals surface area contributed by atoms with Gasteiger partial charge in [0.05, 0.1) is 6.54 Å². The topological polar surface area (TPSA) is 95.5 Å². The molecule has 0 saturated heterocycles. The van der Waals surface area contributed by atoms with Crippen molar-refractivity contribution < 1.29 is 23.9 Å². The standard InChI is InChI=1S/C21H23FN2O4/c1-14-2-4-15(5-3-14)8-11-19(25)23-13-20(26)24-18(21(27)28)12-16-6-9-17(22)10-7-16/h2-7,9-10,18H,8,11-13H2,1H3,(H,23,25)(H,24,26)(H,27,28). The van der Waals surface area contributed by atoms with Gasteiger partial charge in [-0.2, -0.15) is 0 Å². The summed E-state index contributed by atoms with van der Waals surface area (Å²) in [5, 5.41) is 14.1. The maximum atomic E-state index is 12.9. The van der Waals surface area contributed by atoms with Crippen molar-refractivity contribution in [2.24, 2.45) is 0 Å². The lowest BCUT2D eigenvalue weighted by Gasteiger charge is -2.15. The molecule has 7 heteroatoms. The molecule has 2 aromatic carbocycles. The van der Waals surface area contributed by atoms with E-state index < -0.39 is 23.7 Å². The first-order valence-corrected chi connectivity index (χ1v) is 8.92. The Morgan fingerprint density at radius 2 is 1.57 bits per heavy atom. The molecule has 28 heavy (non-hydrogen) atoms. The number of benzene rings is 2. The molecule has 0 saturated carbocycles. The highest BCUT2D eigenvalue weighted by Crippen LogP contribution is 2.07. The summed E-state index contributed by atoms with van der Waals surface area (Å²) in [6.45, 7) is 1.68. The van der Waals surface area contributed by atoms with Crippen molar-refractivity contribution in [2.45, 2.75) is 32.2 Å². The zero-order valence-corrected chi connectivity index (χ0v) is 15.6. The van der Waals surface area contributed by atoms with Crippen LogP contribution in [0.15, 0.2) is 48.5 Å². The largest absolute Gasteiger partial charge is 0.480 e. The number of carboxylic acids is 1. The number of carboxylic acid groups (broad SMARTS) is 1. The Hall–Kier alpha value is -3.22. The van der Waals surface area contributed by atoms with Crippen LogP contribution in [0.25, 0.3) is 0 Å². The summed E-state index contributed by atoms with van der Waals surface area (Å²) < 4.78 is 12.9. The minimum Gasteiger partial charge on any atom is -0.480 e. The van der Waals surface area contributed by atoms with Crippen molar-refractivity contribution >= 4 is 17.8 Å². The van der Waals surface area contributed by atoms with Crippen molar-refractivity contribution in [1.82, 2.24) is 10.6 Å². The van der Waals surface area contributed by atoms with Crippen molar-refractivity contribution in [3.05, 3.63) is 71.0 Å². The molecule has 0 spiro atoms. The fourth-order valence-electron chi connectivity index (χ4n) is 2.58. The normalized spacial score (nSPS) is 11.5. The quantitative estimate of drug-likeness (QED) is 0.614. The van der Waals surface area contributed by atoms with Gasteiger partial charge in [-0.3, -0.25) is 9.59 Å². The van der Waals surface area contributed by atoms with Gasteiger partial charge < -0.3 is 15.7 Å². The zero-order chi connectivity index (χ0) is 20.5. The molecule has 0 aliphatic heterocycles. The molecule has 2 rings (SSSR count). The average molecular weight is 386 g/mol. The van der Waals surface area contributed by atoms with Crippen molar-refractivity contribution in [1.29, 1.82) is 0 Å². The van der Waals surface area contributed by atoms with E-state index in [9.17, 15) is 23.9 Å². The van der Waals surface area contributed by atoms with Gasteiger partial charge in [-0.25, -0.2) is 9.18 Å². The van der Waals surface area contributed by atoms with Gasteiger partial charge in [0.15, 0.2) is 0 Å². The van der Waals surface area contributed by atoms with Gasteiger partial charge in [-0.15, -0.1) is 0 Å². The fraction of sp³-hybridized carbons (Fsp3) is 0.286. The first-order valence-electron chi connectivity index (χ1n) is 8.92. The van der Waals surface area contributed by atoms with E-state index in [2.05, 4.69) is 10.6 Å². The molecule has 1 unspecified atom stereocenters. The number of amides is 2. The van der Waals surface area contributed by atoms with E-state index in [1.54, 1.807) is 0 Å². The predicted octanol–water partition coefficient (Wildman–Crippen LogP) is 2.00. The van der Waals surface area contributed by atoms with Crippen LogP contribution < -0.4 is 10.6 Å². The molecule has 6 nitrogen and oxygen atoms in total. The average Bonchev–Trinajstić information content (AvgIpc) is 2.67. The summed E-state index contributed by atoms with van der Waals surface area (Å²) in [6, 6.07) is 12.0. The highest BCUT2D eigenvalue weighted by atomic mass is 19.1. The highest BCUT2D eigenvalue weighted by molar-refractivity contribution is 5.88. The van der Waals surface area contributed by atoms with Crippen LogP contribution in [0.5, 0.6) is 0 Å². The predicted molar refractivity (Wildman–Crippen MR) is 102 cm³/mol. The van der Waals surface area contributed by atoms with E-state index in [-0.39, 0.29) is 25.3 Å². The SMILES string of the molecule is Cc1ccc(CCC(=O)NCC(=O)NC(Cc2ccc(F)cc2)C(=O)O)cc1. The lowest BCUT2D eigenvalue weighted by Crippen LogP contribution is -2.46. The molecule has 0 radical (unpaired) electrons. The number of hydrogen-bond donors (Lipinski definition) is 3. The lowest BCUT2D eigenvalue weighted by molar-refractivity contribution is -0.141. The zero-order valence-electron chi connectivity index (χ0n) is 15.6. The second-order valence-corrected chi connectivity index (χ2v) is 6.55. The molecule has 1 atom stereocenters. The molecule has 0 aliphatic carbocycles. The van der Waals surface area contributed by atoms with Gasteiger partial charge in [0, 0.05) is 12.8 Å². The monoisotopic (exact) mass is 386 g/mol. The number of aliphatic carboxylic acids is 1. The Labute approximate surface area is 162 Å². The summed E-state index contributed by atoms with van der Waals surface area (Å²) in [7, 11) is 0. The number of carbonyl (C=O) groups excluding carboxylic acids is 2. The summed E-state index contributed by atoms with van der Waals surface area (Å²) >= 11 is 0. The molecule has 0 aliphatic rings. The summed E-state index contributed by atoms with van der Waals surface area (Å²) in [5.74, 6) is -2.52. The third kappa shape index (κ3) is 7.19. The Morgan fingerprint density at radius 3 is 2.18 bits per heavy atom. The van der Waals surface area contributed by atoms with Gasteiger partial charge >= 0.3 is 5.97 Å². The van der Waals surface area contributed by atoms with Crippen LogP contribution in [0.3, 0.4) is 0 Å². The van der Waals surface area contributed by atoms with E-state index in [1.165, 1.54) is 24.3 Å². The first kappa shape index (κ1) is 21.1. The molecule has 148 valence electrons. The number of aryl methyl sites for hydroxylation is 2. The van der Waals surface area contributed by atoms with Crippen LogP contribution in [0.4, 0.5) is 4.39 Å². The van der Waals surface area contributed by atoms with Crippen molar-refractivity contribution in [3.8, 4) is 0 Å². The summed E-state index contributed by atoms with van der Waals surface area (Å²) in [5.41, 5.74) is 2.74. The van der Waals surface area contributed by atoms with Crippen LogP contribution in [0.2, 0.25) is 0 Å². The van der Waals surface area contributed by atoms with Crippen LogP contribution in [-0.2, 0) is 27.2 Å². The van der Waals surface area contributed by atoms with Crippen LogP contribution in [0, 0.1) is 12.7 Å². The van der Waals surface area contributed by atoms with E-state index >= 15 is 0 Å². The smallest absolute Gasteiger partial charge is 0.326 e. The Balaban J connectivity index is 1.77. The Bertz CT molecular complexity index is 819. The Kier molecular flexibility index (Phi) is 7.68. The van der Waals surface area contributed by atoms with Gasteiger partial charge in [0.25, 0.3) is 0 Å². The number of nitrogens with one attached hydrogen (secondary N) is 2. The molecule has 2 aromatic rings. The van der Waals surface area contributed by atoms with E-state index in [1.807, 2.05) is 31.2 Å². The van der Waals surface area contributed by atoms with Crippen LogP contribution in [-0.4, -0.2) is 35.5 Å². The van der Waals surface area contributed by atoms with Crippen LogP contribution in [0.1, 0.15) is 23.1 Å². The van der Waals surface area contributed by atoms with E-state index in [4.69, 9.17) is 0 Å². The highest BCUT2D eigenvalue weighted by Gasteiger charge is 2.20. The van der Waals surface area contributed by atoms with E-state index in [0.717, 1.165) is 11.1 Å². The third-order valence-electron chi connectivity index (χ3n) is 4.19. The maximum absolute atomic E-state index is 12.9.